The summed E-state index contributed by atoms with van der Waals surface area (Å²) in [7, 11) is 1.75. The number of pyridine rings is 1. The van der Waals surface area contributed by atoms with Gasteiger partial charge in [-0.05, 0) is 61.0 Å². The molecule has 5 aromatic rings. The average molecular weight is 692 g/mol. The SMILES string of the molecule is Cn1ncc(-c2cnc3c(c2)c(-c2ccc4nn(CCO)c(CO)c4c2)nn3PI)c1OCNC(=O)OC(C)(C)C. The molecular formula is C26H30IN8O5P. The number of carbonyl (C=O) groups is 1. The lowest BCUT2D eigenvalue weighted by Gasteiger charge is -2.19. The molecule has 216 valence electrons. The molecule has 0 bridgehead atoms. The zero-order valence-corrected chi connectivity index (χ0v) is 26.1. The van der Waals surface area contributed by atoms with Crippen LogP contribution in [0.4, 0.5) is 4.79 Å². The van der Waals surface area contributed by atoms with Gasteiger partial charge in [0.15, 0.2) is 12.4 Å². The maximum atomic E-state index is 12.0. The number of carbonyl (C=O) groups excluding carboxylic acids is 1. The Morgan fingerprint density at radius 3 is 2.61 bits per heavy atom. The first-order chi connectivity index (χ1) is 19.6. The Labute approximate surface area is 250 Å². The Kier molecular flexibility index (Phi) is 8.45. The van der Waals surface area contributed by atoms with E-state index in [1.165, 1.54) is 0 Å². The molecule has 4 aromatic heterocycles. The molecule has 0 saturated heterocycles. The van der Waals surface area contributed by atoms with Crippen molar-refractivity contribution in [3.8, 4) is 28.3 Å². The minimum atomic E-state index is -0.617. The Bertz CT molecular complexity index is 1720. The predicted molar refractivity (Wildman–Crippen MR) is 164 cm³/mol. The molecule has 15 heteroatoms. The van der Waals surface area contributed by atoms with Crippen LogP contribution in [0.5, 0.6) is 5.88 Å². The van der Waals surface area contributed by atoms with Crippen LogP contribution >= 0.6 is 28.4 Å². The van der Waals surface area contributed by atoms with Gasteiger partial charge in [-0.15, -0.1) is 0 Å². The van der Waals surface area contributed by atoms with Gasteiger partial charge in [-0.2, -0.15) is 15.3 Å². The number of halogens is 1. The fraction of sp³-hybridized carbons (Fsp3) is 0.346. The molecule has 1 unspecified atom stereocenters. The predicted octanol–water partition coefficient (Wildman–Crippen LogP) is 3.99. The molecule has 5 rings (SSSR count). The summed E-state index contributed by atoms with van der Waals surface area (Å²) < 4.78 is 16.2. The average Bonchev–Trinajstić information content (AvgIpc) is 3.59. The molecule has 4 heterocycles. The van der Waals surface area contributed by atoms with E-state index < -0.39 is 11.7 Å². The first kappa shape index (κ1) is 29.2. The zero-order valence-electron chi connectivity index (χ0n) is 22.9. The lowest BCUT2D eigenvalue weighted by Crippen LogP contribution is -2.34. The summed E-state index contributed by atoms with van der Waals surface area (Å²) in [5, 5.41) is 37.4. The number of aryl methyl sites for hydroxylation is 1. The number of aromatic nitrogens is 7. The van der Waals surface area contributed by atoms with Crippen molar-refractivity contribution >= 4 is 56.4 Å². The monoisotopic (exact) mass is 692 g/mol. The van der Waals surface area contributed by atoms with Gasteiger partial charge in [0.2, 0.25) is 5.88 Å². The maximum Gasteiger partial charge on any atom is 0.410 e. The molecular weight excluding hydrogens is 662 g/mol. The zero-order chi connectivity index (χ0) is 29.3. The molecule has 0 fully saturated rings. The molecule has 3 N–H and O–H groups in total. The van der Waals surface area contributed by atoms with Gasteiger partial charge in [0.1, 0.15) is 11.3 Å². The van der Waals surface area contributed by atoms with Crippen molar-refractivity contribution in [2.24, 2.45) is 7.05 Å². The van der Waals surface area contributed by atoms with Crippen LogP contribution in [-0.2, 0) is 24.9 Å². The second-order valence-electron chi connectivity index (χ2n) is 10.2. The molecule has 1 amide bonds. The molecule has 0 aliphatic heterocycles. The van der Waals surface area contributed by atoms with Gasteiger partial charge in [0.05, 0.1) is 49.1 Å². The Morgan fingerprint density at radius 2 is 1.90 bits per heavy atom. The van der Waals surface area contributed by atoms with Gasteiger partial charge in [-0.3, -0.25) is 10.00 Å². The second-order valence-corrected chi connectivity index (χ2v) is 12.2. The van der Waals surface area contributed by atoms with Crippen LogP contribution in [-0.4, -0.2) is 69.3 Å². The van der Waals surface area contributed by atoms with Crippen LogP contribution in [0.3, 0.4) is 0 Å². The van der Waals surface area contributed by atoms with E-state index in [2.05, 4.69) is 37.6 Å². The third-order valence-electron chi connectivity index (χ3n) is 6.20. The van der Waals surface area contributed by atoms with Crippen LogP contribution < -0.4 is 10.1 Å². The summed E-state index contributed by atoms with van der Waals surface area (Å²) >= 11 is 2.27. The number of nitrogens with zero attached hydrogens (tertiary/aromatic N) is 7. The molecule has 0 spiro atoms. The van der Waals surface area contributed by atoms with Gasteiger partial charge in [0, 0.05) is 35.1 Å². The van der Waals surface area contributed by atoms with Crippen molar-refractivity contribution in [2.45, 2.75) is 39.5 Å². The summed E-state index contributed by atoms with van der Waals surface area (Å²) in [4.78, 5) is 16.8. The van der Waals surface area contributed by atoms with E-state index in [0.717, 1.165) is 38.8 Å². The van der Waals surface area contributed by atoms with Crippen LogP contribution in [0.25, 0.3) is 44.3 Å². The number of amides is 1. The number of aliphatic hydroxyl groups is 2. The number of rotatable bonds is 9. The molecule has 1 aromatic carbocycles. The van der Waals surface area contributed by atoms with Gasteiger partial charge < -0.3 is 19.7 Å². The number of fused-ring (bicyclic) bond motifs is 2. The van der Waals surface area contributed by atoms with Crippen molar-refractivity contribution in [2.75, 3.05) is 13.3 Å². The van der Waals surface area contributed by atoms with Gasteiger partial charge >= 0.3 is 6.09 Å². The molecule has 0 aliphatic carbocycles. The molecule has 13 nitrogen and oxygen atoms in total. The Morgan fingerprint density at radius 1 is 1.12 bits per heavy atom. The number of alkyl carbamates (subject to hydrolysis) is 1. The molecule has 0 radical (unpaired) electrons. The first-order valence-electron chi connectivity index (χ1n) is 12.7. The van der Waals surface area contributed by atoms with Crippen molar-refractivity contribution in [1.29, 1.82) is 0 Å². The smallest absolute Gasteiger partial charge is 0.410 e. The van der Waals surface area contributed by atoms with Crippen LogP contribution in [0.2, 0.25) is 0 Å². The highest BCUT2D eigenvalue weighted by Gasteiger charge is 2.20. The summed E-state index contributed by atoms with van der Waals surface area (Å²) in [6.07, 6.45) is 3.18. The fourth-order valence-electron chi connectivity index (χ4n) is 4.47. The second kappa shape index (κ2) is 11.9. The summed E-state index contributed by atoms with van der Waals surface area (Å²) in [5.41, 5.74) is 4.51. The fourth-order valence-corrected chi connectivity index (χ4v) is 5.88. The number of hydrogen-bond donors (Lipinski definition) is 3. The van der Waals surface area contributed by atoms with Crippen molar-refractivity contribution < 1.29 is 24.5 Å². The Balaban J connectivity index is 1.51. The van der Waals surface area contributed by atoms with Crippen LogP contribution in [0, 0.1) is 0 Å². The van der Waals surface area contributed by atoms with E-state index in [4.69, 9.17) is 19.6 Å². The lowest BCUT2D eigenvalue weighted by atomic mass is 10.0. The number of nitrogens with one attached hydrogen (secondary N) is 1. The number of benzene rings is 1. The highest BCUT2D eigenvalue weighted by atomic mass is 127. The largest absolute Gasteiger partial charge is 0.456 e. The highest BCUT2D eigenvalue weighted by Crippen LogP contribution is 2.38. The number of hydrogen-bond acceptors (Lipinski definition) is 9. The van der Waals surface area contributed by atoms with Crippen LogP contribution in [0.15, 0.2) is 36.7 Å². The molecule has 1 atom stereocenters. The normalized spacial score (nSPS) is 12.2. The van der Waals surface area contributed by atoms with E-state index >= 15 is 0 Å². The standard InChI is InChI=1S/C26H30IN8O5P/c1-26(2,3)40-25(38)29-14-39-24-19(12-30-33(24)4)16-10-18-22(32-35(41-27)23(18)28-11-16)15-5-6-20-17(9-15)21(13-37)34(31-20)7-8-36/h5-6,9-12,36-37,41H,7-8,13-14H2,1-4H3,(H,29,38). The minimum absolute atomic E-state index is 0.0783. The quantitative estimate of drug-likeness (QED) is 0.118. The van der Waals surface area contributed by atoms with Gasteiger partial charge in [-0.25, -0.2) is 18.9 Å². The first-order valence-corrected chi connectivity index (χ1v) is 16.8. The topological polar surface area (TPSA) is 154 Å². The van der Waals surface area contributed by atoms with Crippen molar-refractivity contribution in [3.05, 3.63) is 42.4 Å². The lowest BCUT2D eigenvalue weighted by molar-refractivity contribution is 0.0482. The van der Waals surface area contributed by atoms with E-state index in [1.54, 1.807) is 49.6 Å². The summed E-state index contributed by atoms with van der Waals surface area (Å²) in [5.74, 6) is 0.456. The van der Waals surface area contributed by atoms with Crippen LogP contribution in [0.1, 0.15) is 26.5 Å². The molecule has 0 aliphatic rings. The summed E-state index contributed by atoms with van der Waals surface area (Å²) in [6.45, 7) is 5.28. The third kappa shape index (κ3) is 6.01. The van der Waals surface area contributed by atoms with Crippen molar-refractivity contribution in [1.82, 2.24) is 39.4 Å². The third-order valence-corrected chi connectivity index (χ3v) is 8.05. The van der Waals surface area contributed by atoms with Gasteiger partial charge in [0.25, 0.3) is 0 Å². The summed E-state index contributed by atoms with van der Waals surface area (Å²) in [6, 6.07) is 7.78. The molecule has 41 heavy (non-hydrogen) atoms. The number of ether oxygens (including phenoxy) is 2. The number of aliphatic hydroxyl groups excluding tert-OH is 2. The minimum Gasteiger partial charge on any atom is -0.456 e. The van der Waals surface area contributed by atoms with Gasteiger partial charge in [-0.1, -0.05) is 6.07 Å². The molecule has 0 saturated carbocycles. The van der Waals surface area contributed by atoms with Crippen molar-refractivity contribution in [3.63, 3.8) is 0 Å². The Hall–Kier alpha value is -3.33. The maximum absolute atomic E-state index is 12.0. The van der Waals surface area contributed by atoms with E-state index in [1.807, 2.05) is 28.7 Å². The van der Waals surface area contributed by atoms with E-state index in [9.17, 15) is 15.0 Å². The van der Waals surface area contributed by atoms with E-state index in [0.29, 0.717) is 30.1 Å². The van der Waals surface area contributed by atoms with E-state index in [-0.39, 0.29) is 19.9 Å². The highest BCUT2D eigenvalue weighted by molar-refractivity contribution is 14.2.